The molecule has 6 heteroatoms. The molecule has 2 aromatic rings. The summed E-state index contributed by atoms with van der Waals surface area (Å²) >= 11 is 0. The van der Waals surface area contributed by atoms with Crippen LogP contribution < -0.4 is 4.74 Å². The Bertz CT molecular complexity index is 754. The van der Waals surface area contributed by atoms with E-state index in [-0.39, 0.29) is 30.7 Å². The summed E-state index contributed by atoms with van der Waals surface area (Å²) in [6.45, 7) is 0.426. The van der Waals surface area contributed by atoms with Crippen LogP contribution >= 0.6 is 0 Å². The lowest BCUT2D eigenvalue weighted by molar-refractivity contribution is -0.137. The van der Waals surface area contributed by atoms with Crippen molar-refractivity contribution < 1.29 is 18.7 Å². The summed E-state index contributed by atoms with van der Waals surface area (Å²) in [6.07, 6.45) is 3.87. The maximum Gasteiger partial charge on any atom is 0.255 e. The number of nitrogens with zero attached hydrogens (tertiary/aromatic N) is 2. The van der Waals surface area contributed by atoms with Gasteiger partial charge in [-0.3, -0.25) is 14.5 Å². The van der Waals surface area contributed by atoms with Crippen LogP contribution in [0.25, 0.3) is 0 Å². The van der Waals surface area contributed by atoms with Gasteiger partial charge < -0.3 is 4.74 Å². The first-order chi connectivity index (χ1) is 11.1. The normalized spacial score (nSPS) is 13.7. The fraction of sp³-hybridized carbons (Fsp3) is 0.118. The number of benzene rings is 1. The Hall–Kier alpha value is -3.02. The van der Waals surface area contributed by atoms with Crippen molar-refractivity contribution in [2.24, 2.45) is 0 Å². The number of hydrogen-bond acceptors (Lipinski definition) is 4. The van der Waals surface area contributed by atoms with E-state index in [1.807, 2.05) is 12.1 Å². The molecule has 0 atom stereocenters. The number of ether oxygens (including phenoxy) is 1. The van der Waals surface area contributed by atoms with Crippen LogP contribution in [-0.2, 0) is 22.7 Å². The first-order valence-corrected chi connectivity index (χ1v) is 6.98. The van der Waals surface area contributed by atoms with Crippen LogP contribution in [0, 0.1) is 5.95 Å². The van der Waals surface area contributed by atoms with E-state index in [9.17, 15) is 14.0 Å². The van der Waals surface area contributed by atoms with E-state index in [0.717, 1.165) is 16.0 Å². The number of hydrogen-bond donors (Lipinski definition) is 0. The number of imide groups is 1. The van der Waals surface area contributed by atoms with E-state index in [1.165, 1.54) is 24.4 Å². The van der Waals surface area contributed by atoms with Crippen LogP contribution in [-0.4, -0.2) is 21.7 Å². The number of halogens is 1. The molecule has 1 aromatic heterocycles. The van der Waals surface area contributed by atoms with Gasteiger partial charge in [-0.2, -0.15) is 4.39 Å². The number of rotatable bonds is 5. The summed E-state index contributed by atoms with van der Waals surface area (Å²) in [5.41, 5.74) is 1.67. The van der Waals surface area contributed by atoms with Crippen LogP contribution in [0.2, 0.25) is 0 Å². The molecule has 2 heterocycles. The summed E-state index contributed by atoms with van der Waals surface area (Å²) in [5, 5.41) is 0. The van der Waals surface area contributed by atoms with Crippen molar-refractivity contribution in [3.63, 3.8) is 0 Å². The van der Waals surface area contributed by atoms with Crippen molar-refractivity contribution in [2.75, 3.05) is 0 Å². The molecule has 116 valence electrons. The van der Waals surface area contributed by atoms with Gasteiger partial charge in [-0.15, -0.1) is 0 Å². The summed E-state index contributed by atoms with van der Waals surface area (Å²) in [6, 6.07) is 10.3. The van der Waals surface area contributed by atoms with Gasteiger partial charge in [0.1, 0.15) is 6.61 Å². The largest absolute Gasteiger partial charge is 0.484 e. The van der Waals surface area contributed by atoms with Gasteiger partial charge in [-0.25, -0.2) is 4.98 Å². The van der Waals surface area contributed by atoms with Crippen molar-refractivity contribution in [3.05, 3.63) is 71.8 Å². The molecule has 0 unspecified atom stereocenters. The van der Waals surface area contributed by atoms with Crippen LogP contribution in [0.5, 0.6) is 5.75 Å². The Morgan fingerprint density at radius 1 is 1.00 bits per heavy atom. The molecule has 0 saturated carbocycles. The Morgan fingerprint density at radius 2 is 1.65 bits per heavy atom. The minimum atomic E-state index is -0.650. The highest BCUT2D eigenvalue weighted by Crippen LogP contribution is 2.16. The molecular weight excluding hydrogens is 298 g/mol. The highest BCUT2D eigenvalue weighted by atomic mass is 18.2. The van der Waals surface area contributed by atoms with Gasteiger partial charge >= 0.3 is 0 Å². The number of amides is 2. The second-order valence-electron chi connectivity index (χ2n) is 4.99. The monoisotopic (exact) mass is 311 g/mol. The Kier molecular flexibility index (Phi) is 4.14. The molecular formula is C17H13FN2O3. The fourth-order valence-corrected chi connectivity index (χ4v) is 2.15. The third-order valence-corrected chi connectivity index (χ3v) is 3.38. The first kappa shape index (κ1) is 14.9. The van der Waals surface area contributed by atoms with Crippen molar-refractivity contribution in [1.29, 1.82) is 0 Å². The zero-order chi connectivity index (χ0) is 16.2. The zero-order valence-electron chi connectivity index (χ0n) is 12.1. The summed E-state index contributed by atoms with van der Waals surface area (Å²) in [7, 11) is 0. The van der Waals surface area contributed by atoms with Gasteiger partial charge in [-0.05, 0) is 23.3 Å². The SMILES string of the molecule is O=C1C=CC(=O)N1Cc1ccc(COc2cccnc2[18F])cc1. The van der Waals surface area contributed by atoms with E-state index in [4.69, 9.17) is 4.74 Å². The second-order valence-corrected chi connectivity index (χ2v) is 4.99. The average Bonchev–Trinajstić information content (AvgIpc) is 2.87. The van der Waals surface area contributed by atoms with E-state index >= 15 is 0 Å². The third-order valence-electron chi connectivity index (χ3n) is 3.38. The summed E-state index contributed by atoms with van der Waals surface area (Å²) in [4.78, 5) is 27.7. The molecule has 23 heavy (non-hydrogen) atoms. The molecule has 2 amide bonds. The Balaban J connectivity index is 1.60. The maximum absolute atomic E-state index is 13.3. The van der Waals surface area contributed by atoms with E-state index in [0.29, 0.717) is 0 Å². The fourth-order valence-electron chi connectivity index (χ4n) is 2.15. The second kappa shape index (κ2) is 6.39. The first-order valence-electron chi connectivity index (χ1n) is 6.98. The molecule has 5 nitrogen and oxygen atoms in total. The van der Waals surface area contributed by atoms with Crippen molar-refractivity contribution >= 4 is 11.8 Å². The molecule has 0 aliphatic carbocycles. The van der Waals surface area contributed by atoms with Crippen LogP contribution in [0.15, 0.2) is 54.7 Å². The van der Waals surface area contributed by atoms with Crippen molar-refractivity contribution in [3.8, 4) is 5.75 Å². The highest BCUT2D eigenvalue weighted by molar-refractivity contribution is 6.12. The molecule has 0 saturated heterocycles. The predicted octanol–water partition coefficient (Wildman–Crippen LogP) is 2.22. The molecule has 3 rings (SSSR count). The number of aromatic nitrogens is 1. The lowest BCUT2D eigenvalue weighted by atomic mass is 10.1. The Labute approximate surface area is 132 Å². The minimum absolute atomic E-state index is 0.0934. The lowest BCUT2D eigenvalue weighted by Gasteiger charge is -2.14. The highest BCUT2D eigenvalue weighted by Gasteiger charge is 2.23. The third kappa shape index (κ3) is 3.42. The molecule has 1 aliphatic rings. The molecule has 1 aliphatic heterocycles. The van der Waals surface area contributed by atoms with E-state index < -0.39 is 5.95 Å². The van der Waals surface area contributed by atoms with Crippen LogP contribution in [0.4, 0.5) is 4.39 Å². The van der Waals surface area contributed by atoms with Gasteiger partial charge in [0.05, 0.1) is 6.54 Å². The van der Waals surface area contributed by atoms with Gasteiger partial charge in [0.2, 0.25) is 0 Å². The molecule has 0 bridgehead atoms. The summed E-state index contributed by atoms with van der Waals surface area (Å²) in [5.74, 6) is -1.18. The standard InChI is InChI=1S/C17H13FN2O3/c18-17-14(2-1-9-19-17)23-11-13-5-3-12(4-6-13)10-20-15(21)7-8-16(20)22/h1-9H,10-11H2/i18-1. The lowest BCUT2D eigenvalue weighted by Crippen LogP contribution is -2.29. The number of pyridine rings is 1. The van der Waals surface area contributed by atoms with E-state index in [2.05, 4.69) is 4.98 Å². The smallest absolute Gasteiger partial charge is 0.255 e. The van der Waals surface area contributed by atoms with Gasteiger partial charge in [0.15, 0.2) is 5.75 Å². The van der Waals surface area contributed by atoms with Crippen molar-refractivity contribution in [2.45, 2.75) is 13.2 Å². The molecule has 0 fully saturated rings. The van der Waals surface area contributed by atoms with Crippen LogP contribution in [0.1, 0.15) is 11.1 Å². The van der Waals surface area contributed by atoms with Gasteiger partial charge in [-0.1, -0.05) is 24.3 Å². The topological polar surface area (TPSA) is 59.5 Å². The molecule has 1 aromatic carbocycles. The molecule has 0 spiro atoms. The van der Waals surface area contributed by atoms with Crippen LogP contribution in [0.3, 0.4) is 0 Å². The molecule has 0 N–H and O–H groups in total. The maximum atomic E-state index is 13.3. The molecule has 0 radical (unpaired) electrons. The minimum Gasteiger partial charge on any atom is -0.484 e. The van der Waals surface area contributed by atoms with E-state index in [1.54, 1.807) is 18.2 Å². The summed E-state index contributed by atoms with van der Waals surface area (Å²) < 4.78 is 18.7. The average molecular weight is 311 g/mol. The Morgan fingerprint density at radius 3 is 2.30 bits per heavy atom. The van der Waals surface area contributed by atoms with Crippen molar-refractivity contribution in [1.82, 2.24) is 9.88 Å². The zero-order valence-corrected chi connectivity index (χ0v) is 12.1. The van der Waals surface area contributed by atoms with Gasteiger partial charge in [0.25, 0.3) is 17.8 Å². The predicted molar refractivity (Wildman–Crippen MR) is 79.7 cm³/mol. The van der Waals surface area contributed by atoms with Gasteiger partial charge in [0, 0.05) is 18.3 Å². The number of carbonyl (C=O) groups is 2. The quantitative estimate of drug-likeness (QED) is 0.627. The number of carbonyl (C=O) groups excluding carboxylic acids is 2.